The fourth-order valence-corrected chi connectivity index (χ4v) is 3.63. The van der Waals surface area contributed by atoms with E-state index in [-0.39, 0.29) is 18.0 Å². The maximum Gasteiger partial charge on any atom is 0.257 e. The van der Waals surface area contributed by atoms with Crippen LogP contribution >= 0.6 is 0 Å². The van der Waals surface area contributed by atoms with Gasteiger partial charge in [-0.3, -0.25) is 4.79 Å². The van der Waals surface area contributed by atoms with Crippen molar-refractivity contribution in [3.8, 4) is 0 Å². The Kier molecular flexibility index (Phi) is 4.76. The Labute approximate surface area is 148 Å². The number of nitrogens with one attached hydrogen (secondary N) is 1. The van der Waals surface area contributed by atoms with E-state index in [0.29, 0.717) is 18.1 Å². The summed E-state index contributed by atoms with van der Waals surface area (Å²) in [5.41, 5.74) is 0.908. The summed E-state index contributed by atoms with van der Waals surface area (Å²) in [7, 11) is -2.36. The first-order valence-electron chi connectivity index (χ1n) is 7.72. The lowest BCUT2D eigenvalue weighted by Gasteiger charge is -2.29. The molecule has 0 radical (unpaired) electrons. The van der Waals surface area contributed by atoms with Gasteiger partial charge in [-0.1, -0.05) is 6.07 Å². The molecule has 1 aliphatic heterocycles. The van der Waals surface area contributed by atoms with E-state index in [2.05, 4.69) is 4.72 Å². The van der Waals surface area contributed by atoms with Gasteiger partial charge in [-0.25, -0.2) is 26.3 Å². The minimum absolute atomic E-state index is 0.0413. The molecule has 2 aromatic rings. The van der Waals surface area contributed by atoms with E-state index in [1.807, 2.05) is 0 Å². The molecule has 1 amide bonds. The second-order valence-electron chi connectivity index (χ2n) is 5.84. The molecule has 26 heavy (non-hydrogen) atoms. The summed E-state index contributed by atoms with van der Waals surface area (Å²) in [5.74, 6) is -5.39. The van der Waals surface area contributed by atoms with Gasteiger partial charge in [-0.05, 0) is 48.9 Å². The zero-order valence-corrected chi connectivity index (χ0v) is 14.5. The molecule has 0 spiro atoms. The van der Waals surface area contributed by atoms with E-state index in [4.69, 9.17) is 0 Å². The van der Waals surface area contributed by atoms with Crippen molar-refractivity contribution in [3.05, 3.63) is 64.5 Å². The van der Waals surface area contributed by atoms with Gasteiger partial charge in [0.15, 0.2) is 17.5 Å². The van der Waals surface area contributed by atoms with Gasteiger partial charge < -0.3 is 4.90 Å². The van der Waals surface area contributed by atoms with Crippen molar-refractivity contribution in [2.45, 2.75) is 17.9 Å². The first kappa shape index (κ1) is 18.4. The Morgan fingerprint density at radius 2 is 1.81 bits per heavy atom. The van der Waals surface area contributed by atoms with Gasteiger partial charge in [-0.2, -0.15) is 0 Å². The number of hydrogen-bond acceptors (Lipinski definition) is 3. The largest absolute Gasteiger partial charge is 0.334 e. The topological polar surface area (TPSA) is 66.5 Å². The first-order chi connectivity index (χ1) is 12.2. The molecule has 0 aromatic heterocycles. The quantitative estimate of drug-likeness (QED) is 0.826. The van der Waals surface area contributed by atoms with Crippen LogP contribution in [-0.2, 0) is 23.0 Å². The summed E-state index contributed by atoms with van der Waals surface area (Å²) in [4.78, 5) is 13.8. The Hall–Kier alpha value is -2.39. The van der Waals surface area contributed by atoms with Crippen molar-refractivity contribution >= 4 is 15.9 Å². The minimum atomic E-state index is -3.64. The number of hydrogen-bond donors (Lipinski definition) is 1. The van der Waals surface area contributed by atoms with Crippen LogP contribution in [0.4, 0.5) is 13.2 Å². The van der Waals surface area contributed by atoms with E-state index in [9.17, 15) is 26.4 Å². The smallest absolute Gasteiger partial charge is 0.257 e. The van der Waals surface area contributed by atoms with Crippen LogP contribution in [0.5, 0.6) is 0 Å². The van der Waals surface area contributed by atoms with Crippen LogP contribution in [-0.4, -0.2) is 32.8 Å². The zero-order valence-electron chi connectivity index (χ0n) is 13.7. The van der Waals surface area contributed by atoms with Gasteiger partial charge in [0.05, 0.1) is 10.5 Å². The lowest BCUT2D eigenvalue weighted by Crippen LogP contribution is -2.36. The predicted octanol–water partition coefficient (Wildman–Crippen LogP) is 2.21. The van der Waals surface area contributed by atoms with Crippen molar-refractivity contribution in [1.82, 2.24) is 9.62 Å². The molecule has 0 fully saturated rings. The van der Waals surface area contributed by atoms with Crippen molar-refractivity contribution in [2.24, 2.45) is 0 Å². The average molecular weight is 384 g/mol. The molecule has 0 aliphatic carbocycles. The average Bonchev–Trinajstić information content (AvgIpc) is 2.64. The number of carbonyl (C=O) groups excluding carboxylic acids is 1. The Morgan fingerprint density at radius 3 is 2.50 bits per heavy atom. The van der Waals surface area contributed by atoms with Crippen LogP contribution in [0.15, 0.2) is 35.2 Å². The van der Waals surface area contributed by atoms with Gasteiger partial charge >= 0.3 is 0 Å². The van der Waals surface area contributed by atoms with Crippen molar-refractivity contribution in [1.29, 1.82) is 0 Å². The Morgan fingerprint density at radius 1 is 1.08 bits per heavy atom. The fraction of sp³-hybridized carbons (Fsp3) is 0.235. The maximum absolute atomic E-state index is 13.9. The molecular formula is C17H15F3N2O3S. The second-order valence-corrected chi connectivity index (χ2v) is 7.72. The molecule has 0 unspecified atom stereocenters. The van der Waals surface area contributed by atoms with Gasteiger partial charge in [0.1, 0.15) is 0 Å². The van der Waals surface area contributed by atoms with Crippen LogP contribution < -0.4 is 4.72 Å². The van der Waals surface area contributed by atoms with E-state index >= 15 is 0 Å². The van der Waals surface area contributed by atoms with Gasteiger partial charge in [0.2, 0.25) is 10.0 Å². The predicted molar refractivity (Wildman–Crippen MR) is 87.4 cm³/mol. The monoisotopic (exact) mass is 384 g/mol. The third-order valence-electron chi connectivity index (χ3n) is 4.32. The molecule has 9 heteroatoms. The molecule has 1 aliphatic rings. The lowest BCUT2D eigenvalue weighted by molar-refractivity contribution is 0.0728. The second kappa shape index (κ2) is 6.73. The standard InChI is InChI=1S/C17H15F3N2O3S/c1-21-26(24,25)12-3-2-10-6-7-22(9-11(10)8-12)17(23)13-4-5-14(18)16(20)15(13)19/h2-5,8,21H,6-7,9H2,1H3. The molecular weight excluding hydrogens is 369 g/mol. The first-order valence-corrected chi connectivity index (χ1v) is 9.21. The molecule has 0 atom stereocenters. The van der Waals surface area contributed by atoms with Gasteiger partial charge in [0.25, 0.3) is 5.91 Å². The normalized spacial score (nSPS) is 14.2. The van der Waals surface area contributed by atoms with Crippen molar-refractivity contribution in [2.75, 3.05) is 13.6 Å². The lowest BCUT2D eigenvalue weighted by atomic mass is 9.99. The number of nitrogens with zero attached hydrogens (tertiary/aromatic N) is 1. The van der Waals surface area contributed by atoms with Crippen LogP contribution in [0.1, 0.15) is 21.5 Å². The molecule has 2 aromatic carbocycles. The molecule has 0 bridgehead atoms. The number of halogens is 3. The van der Waals surface area contributed by atoms with Gasteiger partial charge in [-0.15, -0.1) is 0 Å². The molecule has 1 N–H and O–H groups in total. The highest BCUT2D eigenvalue weighted by molar-refractivity contribution is 7.89. The number of sulfonamides is 1. The summed E-state index contributed by atoms with van der Waals surface area (Å²) in [6.07, 6.45) is 0.437. The van der Waals surface area contributed by atoms with Crippen molar-refractivity contribution in [3.63, 3.8) is 0 Å². The Bertz CT molecular complexity index is 993. The number of benzene rings is 2. The van der Waals surface area contributed by atoms with E-state index < -0.39 is 38.9 Å². The highest BCUT2D eigenvalue weighted by atomic mass is 32.2. The van der Waals surface area contributed by atoms with Crippen LogP contribution in [0.25, 0.3) is 0 Å². The molecule has 138 valence electrons. The number of rotatable bonds is 3. The number of fused-ring (bicyclic) bond motifs is 1. The summed E-state index contributed by atoms with van der Waals surface area (Å²) in [6.45, 7) is 0.294. The SMILES string of the molecule is CNS(=O)(=O)c1ccc2c(c1)CN(C(=O)c1ccc(F)c(F)c1F)CC2. The highest BCUT2D eigenvalue weighted by Crippen LogP contribution is 2.25. The van der Waals surface area contributed by atoms with Crippen LogP contribution in [0.3, 0.4) is 0 Å². The van der Waals surface area contributed by atoms with E-state index in [1.165, 1.54) is 24.1 Å². The molecule has 5 nitrogen and oxygen atoms in total. The molecule has 3 rings (SSSR count). The van der Waals surface area contributed by atoms with E-state index in [1.54, 1.807) is 6.07 Å². The third kappa shape index (κ3) is 3.19. The summed E-state index contributed by atoms with van der Waals surface area (Å²) < 4.78 is 66.4. The highest BCUT2D eigenvalue weighted by Gasteiger charge is 2.27. The molecule has 0 saturated heterocycles. The van der Waals surface area contributed by atoms with Crippen LogP contribution in [0.2, 0.25) is 0 Å². The van der Waals surface area contributed by atoms with Crippen molar-refractivity contribution < 1.29 is 26.4 Å². The third-order valence-corrected chi connectivity index (χ3v) is 5.73. The fourth-order valence-electron chi connectivity index (χ4n) is 2.85. The maximum atomic E-state index is 13.9. The summed E-state index contributed by atoms with van der Waals surface area (Å²) in [6, 6.07) is 6.17. The number of carbonyl (C=O) groups is 1. The van der Waals surface area contributed by atoms with Crippen LogP contribution in [0, 0.1) is 17.5 Å². The number of amides is 1. The molecule has 1 heterocycles. The summed E-state index contributed by atoms with van der Waals surface area (Å²) >= 11 is 0. The Balaban J connectivity index is 1.92. The van der Waals surface area contributed by atoms with Gasteiger partial charge in [0, 0.05) is 13.1 Å². The molecule has 0 saturated carbocycles. The summed E-state index contributed by atoms with van der Waals surface area (Å²) in [5, 5.41) is 0. The zero-order chi connectivity index (χ0) is 19.1. The minimum Gasteiger partial charge on any atom is -0.334 e. The van der Waals surface area contributed by atoms with E-state index in [0.717, 1.165) is 11.6 Å².